The molecule has 0 saturated carbocycles. The molecule has 1 aliphatic rings. The summed E-state index contributed by atoms with van der Waals surface area (Å²) in [5.41, 5.74) is 2.53. The Hall–Kier alpha value is -2.15. The third-order valence-corrected chi connectivity index (χ3v) is 4.70. The molecule has 6 nitrogen and oxygen atoms in total. The highest BCUT2D eigenvalue weighted by Gasteiger charge is 2.20. The lowest BCUT2D eigenvalue weighted by Crippen LogP contribution is -2.38. The maximum atomic E-state index is 12.4. The molecule has 1 aliphatic heterocycles. The molecule has 1 saturated heterocycles. The van der Waals surface area contributed by atoms with Gasteiger partial charge >= 0.3 is 6.03 Å². The van der Waals surface area contributed by atoms with Crippen LogP contribution in [-0.2, 0) is 0 Å². The molecule has 0 spiro atoms. The Kier molecular flexibility index (Phi) is 4.76. The van der Waals surface area contributed by atoms with Crippen LogP contribution >= 0.6 is 11.5 Å². The van der Waals surface area contributed by atoms with Crippen molar-refractivity contribution < 1.29 is 4.79 Å². The summed E-state index contributed by atoms with van der Waals surface area (Å²) in [5.74, 6) is 0.687. The molecule has 1 N–H and O–H groups in total. The number of hydrogen-bond donors (Lipinski definition) is 1. The van der Waals surface area contributed by atoms with E-state index in [1.54, 1.807) is 0 Å². The van der Waals surface area contributed by atoms with Gasteiger partial charge in [0, 0.05) is 43.4 Å². The van der Waals surface area contributed by atoms with Crippen LogP contribution in [-0.4, -0.2) is 46.5 Å². The minimum atomic E-state index is -0.0900. The first kappa shape index (κ1) is 15.7. The summed E-state index contributed by atoms with van der Waals surface area (Å²) in [6.07, 6.45) is 0.955. The van der Waals surface area contributed by atoms with Gasteiger partial charge in [0.15, 0.2) is 0 Å². The summed E-state index contributed by atoms with van der Waals surface area (Å²) >= 11 is 1.22. The van der Waals surface area contributed by atoms with Crippen molar-refractivity contribution in [3.05, 3.63) is 35.7 Å². The smallest absolute Gasteiger partial charge is 0.323 e. The summed E-state index contributed by atoms with van der Waals surface area (Å²) in [5, 5.41) is 3.40. The lowest BCUT2D eigenvalue weighted by molar-refractivity contribution is 0.215. The van der Waals surface area contributed by atoms with E-state index in [-0.39, 0.29) is 6.03 Å². The van der Waals surface area contributed by atoms with Crippen molar-refractivity contribution in [1.29, 1.82) is 0 Å². The number of urea groups is 1. The van der Waals surface area contributed by atoms with Gasteiger partial charge in [-0.3, -0.25) is 5.32 Å². The maximum absolute atomic E-state index is 12.4. The molecule has 2 aromatic rings. The van der Waals surface area contributed by atoms with Gasteiger partial charge in [-0.05, 0) is 31.9 Å². The molecule has 0 atom stereocenters. The van der Waals surface area contributed by atoms with Gasteiger partial charge in [-0.2, -0.15) is 4.37 Å². The fourth-order valence-corrected chi connectivity index (χ4v) is 3.36. The fraction of sp³-hybridized carbons (Fsp3) is 0.438. The summed E-state index contributed by atoms with van der Waals surface area (Å²) in [6.45, 7) is 7.21. The topological polar surface area (TPSA) is 61.4 Å². The van der Waals surface area contributed by atoms with Crippen LogP contribution in [0.25, 0.3) is 0 Å². The Morgan fingerprint density at radius 1 is 1.17 bits per heavy atom. The van der Waals surface area contributed by atoms with E-state index in [0.717, 1.165) is 26.1 Å². The Morgan fingerprint density at radius 3 is 2.74 bits per heavy atom. The molecule has 2 heterocycles. The monoisotopic (exact) mass is 331 g/mol. The standard InChI is InChI=1S/C16H21N5OS/c1-12-6-3-4-7-14(12)20-8-5-9-21(11-10-20)16(22)18-15-17-13(2)19-23-15/h3-4,6-7H,5,8-11H2,1-2H3,(H,17,18,19,22). The second-order valence-electron chi connectivity index (χ2n) is 5.69. The number of anilines is 2. The number of rotatable bonds is 2. The van der Waals surface area contributed by atoms with Crippen LogP contribution in [0.15, 0.2) is 24.3 Å². The normalized spacial score (nSPS) is 15.4. The Labute approximate surface area is 140 Å². The molecule has 2 amide bonds. The first-order chi connectivity index (χ1) is 11.1. The lowest BCUT2D eigenvalue weighted by Gasteiger charge is -2.25. The van der Waals surface area contributed by atoms with Gasteiger partial charge in [-0.15, -0.1) is 0 Å². The molecule has 7 heteroatoms. The molecule has 0 radical (unpaired) electrons. The fourth-order valence-electron chi connectivity index (χ4n) is 2.80. The van der Waals surface area contributed by atoms with Crippen molar-refractivity contribution in [2.75, 3.05) is 36.4 Å². The van der Waals surface area contributed by atoms with E-state index in [2.05, 4.69) is 50.8 Å². The zero-order chi connectivity index (χ0) is 16.2. The summed E-state index contributed by atoms with van der Waals surface area (Å²) < 4.78 is 4.08. The number of aromatic nitrogens is 2. The minimum absolute atomic E-state index is 0.0900. The van der Waals surface area contributed by atoms with Crippen LogP contribution in [0.1, 0.15) is 17.8 Å². The zero-order valence-electron chi connectivity index (χ0n) is 13.5. The third kappa shape index (κ3) is 3.79. The molecular weight excluding hydrogens is 310 g/mol. The Bertz CT molecular complexity index is 687. The van der Waals surface area contributed by atoms with Gasteiger partial charge in [-0.25, -0.2) is 9.78 Å². The van der Waals surface area contributed by atoms with Crippen molar-refractivity contribution in [1.82, 2.24) is 14.3 Å². The van der Waals surface area contributed by atoms with Crippen LogP contribution in [0.2, 0.25) is 0 Å². The Balaban J connectivity index is 1.62. The predicted molar refractivity (Wildman–Crippen MR) is 93.2 cm³/mol. The molecule has 1 aromatic carbocycles. The summed E-state index contributed by atoms with van der Waals surface area (Å²) in [7, 11) is 0. The van der Waals surface area contributed by atoms with E-state index in [1.165, 1.54) is 22.8 Å². The SMILES string of the molecule is Cc1nsc(NC(=O)N2CCCN(c3ccccc3C)CC2)n1. The molecule has 0 bridgehead atoms. The molecule has 1 fully saturated rings. The number of hydrogen-bond acceptors (Lipinski definition) is 5. The van der Waals surface area contributed by atoms with E-state index < -0.39 is 0 Å². The van der Waals surface area contributed by atoms with E-state index in [4.69, 9.17) is 0 Å². The zero-order valence-corrected chi connectivity index (χ0v) is 14.3. The number of nitrogens with zero attached hydrogens (tertiary/aromatic N) is 4. The number of para-hydroxylation sites is 1. The molecule has 23 heavy (non-hydrogen) atoms. The van der Waals surface area contributed by atoms with Crippen molar-refractivity contribution in [3.63, 3.8) is 0 Å². The van der Waals surface area contributed by atoms with E-state index >= 15 is 0 Å². The van der Waals surface area contributed by atoms with Crippen molar-refractivity contribution >= 4 is 28.4 Å². The van der Waals surface area contributed by atoms with Gasteiger partial charge in [0.1, 0.15) is 5.82 Å². The largest absolute Gasteiger partial charge is 0.369 e. The maximum Gasteiger partial charge on any atom is 0.323 e. The summed E-state index contributed by atoms with van der Waals surface area (Å²) in [4.78, 5) is 20.8. The van der Waals surface area contributed by atoms with E-state index in [9.17, 15) is 4.79 Å². The molecular formula is C16H21N5OS. The quantitative estimate of drug-likeness (QED) is 0.919. The first-order valence-electron chi connectivity index (χ1n) is 7.80. The van der Waals surface area contributed by atoms with Crippen LogP contribution in [0.3, 0.4) is 0 Å². The molecule has 3 rings (SSSR count). The van der Waals surface area contributed by atoms with Crippen LogP contribution < -0.4 is 10.2 Å². The summed E-state index contributed by atoms with van der Waals surface area (Å²) in [6, 6.07) is 8.31. The molecule has 0 aliphatic carbocycles. The number of aryl methyl sites for hydroxylation is 2. The highest BCUT2D eigenvalue weighted by atomic mass is 32.1. The first-order valence-corrected chi connectivity index (χ1v) is 8.57. The van der Waals surface area contributed by atoms with Crippen LogP contribution in [0, 0.1) is 13.8 Å². The predicted octanol–water partition coefficient (Wildman–Crippen LogP) is 2.90. The number of amides is 2. The average Bonchev–Trinajstić information content (AvgIpc) is 2.80. The van der Waals surface area contributed by atoms with Crippen molar-refractivity contribution in [2.24, 2.45) is 0 Å². The van der Waals surface area contributed by atoms with Gasteiger partial charge in [-0.1, -0.05) is 18.2 Å². The van der Waals surface area contributed by atoms with Gasteiger partial charge in [0.2, 0.25) is 5.13 Å². The number of benzene rings is 1. The van der Waals surface area contributed by atoms with Crippen LogP contribution in [0.4, 0.5) is 15.6 Å². The van der Waals surface area contributed by atoms with Gasteiger partial charge in [0.05, 0.1) is 0 Å². The van der Waals surface area contributed by atoms with Crippen LogP contribution in [0.5, 0.6) is 0 Å². The second-order valence-corrected chi connectivity index (χ2v) is 6.44. The van der Waals surface area contributed by atoms with Gasteiger partial charge < -0.3 is 9.80 Å². The molecule has 0 unspecified atom stereocenters. The lowest BCUT2D eigenvalue weighted by atomic mass is 10.2. The Morgan fingerprint density at radius 2 is 2.00 bits per heavy atom. The highest BCUT2D eigenvalue weighted by molar-refractivity contribution is 7.09. The van der Waals surface area contributed by atoms with Crippen molar-refractivity contribution in [2.45, 2.75) is 20.3 Å². The van der Waals surface area contributed by atoms with Gasteiger partial charge in [0.25, 0.3) is 0 Å². The third-order valence-electron chi connectivity index (χ3n) is 3.98. The van der Waals surface area contributed by atoms with Crippen molar-refractivity contribution in [3.8, 4) is 0 Å². The van der Waals surface area contributed by atoms with E-state index in [0.29, 0.717) is 17.5 Å². The highest BCUT2D eigenvalue weighted by Crippen LogP contribution is 2.21. The molecule has 122 valence electrons. The van der Waals surface area contributed by atoms with E-state index in [1.807, 2.05) is 11.8 Å². The number of nitrogens with one attached hydrogen (secondary N) is 1. The second kappa shape index (κ2) is 6.95. The average molecular weight is 331 g/mol. The molecule has 1 aromatic heterocycles. The number of carbonyl (C=O) groups excluding carboxylic acids is 1. The number of carbonyl (C=O) groups is 1. The minimum Gasteiger partial charge on any atom is -0.369 e.